The second-order valence-electron chi connectivity index (χ2n) is 14.2. The van der Waals surface area contributed by atoms with Crippen LogP contribution < -0.4 is 0 Å². The predicted octanol–water partition coefficient (Wildman–Crippen LogP) is 13.8. The molecule has 0 aliphatic carbocycles. The lowest BCUT2D eigenvalue weighted by atomic mass is 9.97. The number of pyridine rings is 1. The highest BCUT2D eigenvalue weighted by Crippen LogP contribution is 2.44. The highest BCUT2D eigenvalue weighted by Gasteiger charge is 2.22. The average molecular weight is 749 g/mol. The fourth-order valence-electron chi connectivity index (χ4n) is 8.13. The van der Waals surface area contributed by atoms with E-state index in [0.29, 0.717) is 17.5 Å². The van der Waals surface area contributed by atoms with Crippen molar-refractivity contribution in [1.29, 1.82) is 0 Å². The normalized spacial score (nSPS) is 11.9. The third kappa shape index (κ3) is 5.17. The van der Waals surface area contributed by atoms with E-state index in [4.69, 9.17) is 23.8 Å². The SMILES string of the molecule is c1cncc(-c2cccc(-c3nc(-c4ccc5c(c4)oc4ccccc45)nc(-c4ccc(-c5ccc6c(c5)sc5ccccc56)c5oc6ccccc6c45)n3)c2)c1. The van der Waals surface area contributed by atoms with Gasteiger partial charge in [-0.15, -0.1) is 11.3 Å². The number of rotatable bonds is 5. The number of nitrogens with zero attached hydrogens (tertiary/aromatic N) is 4. The van der Waals surface area contributed by atoms with Crippen molar-refractivity contribution < 1.29 is 8.83 Å². The monoisotopic (exact) mass is 748 g/mol. The van der Waals surface area contributed by atoms with Gasteiger partial charge in [0.1, 0.15) is 22.3 Å². The van der Waals surface area contributed by atoms with E-state index in [1.54, 1.807) is 6.20 Å². The van der Waals surface area contributed by atoms with Crippen LogP contribution in [0.5, 0.6) is 0 Å². The van der Waals surface area contributed by atoms with Gasteiger partial charge < -0.3 is 8.83 Å². The molecule has 5 aromatic heterocycles. The van der Waals surface area contributed by atoms with Gasteiger partial charge >= 0.3 is 0 Å². The molecule has 7 aromatic carbocycles. The van der Waals surface area contributed by atoms with Crippen LogP contribution in [0.3, 0.4) is 0 Å². The van der Waals surface area contributed by atoms with Gasteiger partial charge in [-0.3, -0.25) is 4.98 Å². The molecule has 0 bridgehead atoms. The van der Waals surface area contributed by atoms with Gasteiger partial charge in [0.2, 0.25) is 0 Å². The molecule has 0 aliphatic rings. The van der Waals surface area contributed by atoms with Gasteiger partial charge in [-0.2, -0.15) is 0 Å². The Labute approximate surface area is 329 Å². The maximum atomic E-state index is 6.76. The number of aromatic nitrogens is 4. The number of para-hydroxylation sites is 2. The minimum Gasteiger partial charge on any atom is -0.456 e. The summed E-state index contributed by atoms with van der Waals surface area (Å²) in [6.45, 7) is 0. The Bertz CT molecular complexity index is 3550. The summed E-state index contributed by atoms with van der Waals surface area (Å²) in [5, 5.41) is 6.61. The number of thiophene rings is 1. The van der Waals surface area contributed by atoms with E-state index in [1.807, 2.05) is 78.2 Å². The summed E-state index contributed by atoms with van der Waals surface area (Å²) in [6.07, 6.45) is 3.65. The molecular weight excluding hydrogens is 721 g/mol. The second-order valence-corrected chi connectivity index (χ2v) is 15.3. The first-order valence-corrected chi connectivity index (χ1v) is 19.6. The third-order valence-corrected chi connectivity index (χ3v) is 12.0. The smallest absolute Gasteiger partial charge is 0.164 e. The van der Waals surface area contributed by atoms with Gasteiger partial charge in [-0.05, 0) is 71.8 Å². The van der Waals surface area contributed by atoms with E-state index in [1.165, 1.54) is 20.2 Å². The van der Waals surface area contributed by atoms with Crippen molar-refractivity contribution in [3.63, 3.8) is 0 Å². The Hall–Kier alpha value is -7.48. The lowest BCUT2D eigenvalue weighted by Gasteiger charge is -2.11. The molecule has 57 heavy (non-hydrogen) atoms. The maximum Gasteiger partial charge on any atom is 0.164 e. The van der Waals surface area contributed by atoms with Gasteiger partial charge in [-0.25, -0.2) is 15.0 Å². The van der Waals surface area contributed by atoms with E-state index >= 15 is 0 Å². The van der Waals surface area contributed by atoms with Crippen LogP contribution in [0, 0.1) is 0 Å². The largest absolute Gasteiger partial charge is 0.456 e. The zero-order valence-electron chi connectivity index (χ0n) is 30.2. The predicted molar refractivity (Wildman–Crippen MR) is 232 cm³/mol. The molecule has 5 heterocycles. The first-order chi connectivity index (χ1) is 28.2. The molecule has 266 valence electrons. The summed E-state index contributed by atoms with van der Waals surface area (Å²) in [4.78, 5) is 20.0. The first-order valence-electron chi connectivity index (χ1n) is 18.8. The van der Waals surface area contributed by atoms with Crippen LogP contribution in [0.25, 0.3) is 120 Å². The van der Waals surface area contributed by atoms with E-state index in [9.17, 15) is 0 Å². The molecule has 6 nitrogen and oxygen atoms in total. The van der Waals surface area contributed by atoms with Crippen molar-refractivity contribution in [1.82, 2.24) is 19.9 Å². The Morgan fingerprint density at radius 2 is 1.04 bits per heavy atom. The van der Waals surface area contributed by atoms with Gasteiger partial charge in [0.25, 0.3) is 0 Å². The molecule has 0 radical (unpaired) electrons. The summed E-state index contributed by atoms with van der Waals surface area (Å²) >= 11 is 1.81. The van der Waals surface area contributed by atoms with Crippen molar-refractivity contribution in [2.75, 3.05) is 0 Å². The minimum atomic E-state index is 0.546. The molecule has 0 aliphatic heterocycles. The third-order valence-electron chi connectivity index (χ3n) is 10.8. The zero-order chi connectivity index (χ0) is 37.5. The fourth-order valence-corrected chi connectivity index (χ4v) is 9.27. The summed E-state index contributed by atoms with van der Waals surface area (Å²) < 4.78 is 15.6. The van der Waals surface area contributed by atoms with Gasteiger partial charge in [0.05, 0.1) is 0 Å². The van der Waals surface area contributed by atoms with E-state index in [-0.39, 0.29) is 0 Å². The van der Waals surface area contributed by atoms with Crippen LogP contribution in [-0.4, -0.2) is 19.9 Å². The molecule has 0 amide bonds. The number of hydrogen-bond acceptors (Lipinski definition) is 7. The quantitative estimate of drug-likeness (QED) is 0.174. The molecule has 7 heteroatoms. The minimum absolute atomic E-state index is 0.546. The van der Waals surface area contributed by atoms with Crippen LogP contribution in [0.15, 0.2) is 179 Å². The highest BCUT2D eigenvalue weighted by molar-refractivity contribution is 7.25. The molecular formula is C50H28N4O2S. The van der Waals surface area contributed by atoms with E-state index in [0.717, 1.165) is 82.8 Å². The van der Waals surface area contributed by atoms with E-state index < -0.39 is 0 Å². The standard InChI is InChI=1S/C50H28N4O2S/c1-4-15-41-35(12-1)36-20-19-32(26-43(36)55-41)49-52-48(31-10-7-9-29(25-31)33-11-8-24-51-28-33)53-50(54-49)40-23-22-34(47-46(40)39-14-2-5-16-42(39)56-47)30-18-21-38-37-13-3-6-17-44(37)57-45(38)27-30/h1-28H. The molecule has 0 fully saturated rings. The number of furan rings is 2. The van der Waals surface area contributed by atoms with Crippen molar-refractivity contribution in [2.45, 2.75) is 0 Å². The number of hydrogen-bond donors (Lipinski definition) is 0. The molecule has 12 aromatic rings. The second kappa shape index (κ2) is 12.5. The summed E-state index contributed by atoms with van der Waals surface area (Å²) in [5.41, 5.74) is 9.91. The molecule has 0 saturated carbocycles. The Kier molecular flexibility index (Phi) is 7.00. The van der Waals surface area contributed by atoms with Gasteiger partial charge in [-0.1, -0.05) is 97.1 Å². The molecule has 0 unspecified atom stereocenters. The van der Waals surface area contributed by atoms with Crippen LogP contribution in [-0.2, 0) is 0 Å². The molecule has 0 N–H and O–H groups in total. The molecule has 12 rings (SSSR count). The Morgan fingerprint density at radius 1 is 0.386 bits per heavy atom. The van der Waals surface area contributed by atoms with Crippen LogP contribution in [0.4, 0.5) is 0 Å². The van der Waals surface area contributed by atoms with Crippen molar-refractivity contribution >= 4 is 75.4 Å². The van der Waals surface area contributed by atoms with Gasteiger partial charge in [0.15, 0.2) is 17.5 Å². The highest BCUT2D eigenvalue weighted by atomic mass is 32.1. The van der Waals surface area contributed by atoms with Crippen molar-refractivity contribution in [2.24, 2.45) is 0 Å². The van der Waals surface area contributed by atoms with Crippen molar-refractivity contribution in [3.05, 3.63) is 170 Å². The van der Waals surface area contributed by atoms with Gasteiger partial charge in [0, 0.05) is 81.9 Å². The molecule has 0 spiro atoms. The fraction of sp³-hybridized carbons (Fsp3) is 0. The number of fused-ring (bicyclic) bond motifs is 9. The average Bonchev–Trinajstić information content (AvgIpc) is 3.97. The first kappa shape index (κ1) is 31.8. The Morgan fingerprint density at radius 3 is 1.89 bits per heavy atom. The van der Waals surface area contributed by atoms with Crippen molar-refractivity contribution in [3.8, 4) is 56.4 Å². The molecule has 0 atom stereocenters. The maximum absolute atomic E-state index is 6.76. The van der Waals surface area contributed by atoms with E-state index in [2.05, 4.69) is 102 Å². The summed E-state index contributed by atoms with van der Waals surface area (Å²) in [6, 6.07) is 54.3. The topological polar surface area (TPSA) is 77.8 Å². The lowest BCUT2D eigenvalue weighted by molar-refractivity contribution is 0.669. The van der Waals surface area contributed by atoms with Crippen LogP contribution in [0.1, 0.15) is 0 Å². The lowest BCUT2D eigenvalue weighted by Crippen LogP contribution is -2.01. The molecule has 0 saturated heterocycles. The summed E-state index contributed by atoms with van der Waals surface area (Å²) in [5.74, 6) is 1.66. The zero-order valence-corrected chi connectivity index (χ0v) is 31.0. The Balaban J connectivity index is 1.08. The van der Waals surface area contributed by atoms with Crippen LogP contribution in [0.2, 0.25) is 0 Å². The van der Waals surface area contributed by atoms with Crippen LogP contribution >= 0.6 is 11.3 Å². The summed E-state index contributed by atoms with van der Waals surface area (Å²) in [7, 11) is 0. The number of benzene rings is 7.